The molecule has 4 rings (SSSR count). The number of carbonyl (C=O) groups is 1. The Bertz CT molecular complexity index is 880. The molecule has 132 valence electrons. The minimum atomic E-state index is 0.0565. The fourth-order valence-corrected chi connectivity index (χ4v) is 3.35. The number of nitrogens with zero attached hydrogens (tertiary/aromatic N) is 3. The van der Waals surface area contributed by atoms with E-state index in [1.165, 1.54) is 0 Å². The van der Waals surface area contributed by atoms with Gasteiger partial charge in [0.25, 0.3) is 5.91 Å². The molecule has 1 saturated heterocycles. The van der Waals surface area contributed by atoms with Crippen molar-refractivity contribution in [1.29, 1.82) is 0 Å². The Hall–Kier alpha value is -3.21. The van der Waals surface area contributed by atoms with Crippen molar-refractivity contribution in [2.75, 3.05) is 31.1 Å². The van der Waals surface area contributed by atoms with Gasteiger partial charge in [0.1, 0.15) is 5.75 Å². The van der Waals surface area contributed by atoms with Crippen molar-refractivity contribution in [3.8, 4) is 11.4 Å². The lowest BCUT2D eigenvalue weighted by Crippen LogP contribution is -2.48. The van der Waals surface area contributed by atoms with E-state index in [1.54, 1.807) is 6.07 Å². The predicted molar refractivity (Wildman–Crippen MR) is 102 cm³/mol. The number of aromatic nitrogens is 1. The fourth-order valence-electron chi connectivity index (χ4n) is 3.35. The minimum Gasteiger partial charge on any atom is -0.506 e. The molecule has 0 radical (unpaired) electrons. The molecule has 0 saturated carbocycles. The van der Waals surface area contributed by atoms with Crippen LogP contribution in [0.15, 0.2) is 73.1 Å². The van der Waals surface area contributed by atoms with E-state index in [4.69, 9.17) is 0 Å². The molecule has 0 bridgehead atoms. The largest absolute Gasteiger partial charge is 0.506 e. The van der Waals surface area contributed by atoms with E-state index in [0.717, 1.165) is 11.4 Å². The van der Waals surface area contributed by atoms with Gasteiger partial charge >= 0.3 is 0 Å². The van der Waals surface area contributed by atoms with Gasteiger partial charge in [-0.05, 0) is 48.5 Å². The molecule has 2 heterocycles. The van der Waals surface area contributed by atoms with Crippen LogP contribution in [-0.2, 0) is 0 Å². The number of anilines is 1. The van der Waals surface area contributed by atoms with Crippen molar-refractivity contribution >= 4 is 11.6 Å². The van der Waals surface area contributed by atoms with Crippen LogP contribution in [0, 0.1) is 0 Å². The number of rotatable bonds is 3. The van der Waals surface area contributed by atoms with E-state index in [-0.39, 0.29) is 11.7 Å². The van der Waals surface area contributed by atoms with Gasteiger partial charge < -0.3 is 19.5 Å². The molecule has 3 aromatic rings. The third kappa shape index (κ3) is 3.16. The van der Waals surface area contributed by atoms with Crippen LogP contribution < -0.4 is 4.90 Å². The smallest absolute Gasteiger partial charge is 0.253 e. The second-order valence-electron chi connectivity index (χ2n) is 6.41. The van der Waals surface area contributed by atoms with Gasteiger partial charge in [-0.1, -0.05) is 12.1 Å². The number of aromatic hydroxyl groups is 1. The first-order valence-corrected chi connectivity index (χ1v) is 8.78. The summed E-state index contributed by atoms with van der Waals surface area (Å²) in [5, 5.41) is 10.00. The molecule has 2 aromatic carbocycles. The highest BCUT2D eigenvalue weighted by Crippen LogP contribution is 2.27. The van der Waals surface area contributed by atoms with Crippen molar-refractivity contribution in [1.82, 2.24) is 9.47 Å². The summed E-state index contributed by atoms with van der Waals surface area (Å²) in [6.07, 6.45) is 3.96. The van der Waals surface area contributed by atoms with Crippen molar-refractivity contribution in [2.24, 2.45) is 0 Å². The van der Waals surface area contributed by atoms with Crippen LogP contribution >= 0.6 is 0 Å². The van der Waals surface area contributed by atoms with Crippen molar-refractivity contribution in [3.05, 3.63) is 78.6 Å². The first-order valence-electron chi connectivity index (χ1n) is 8.78. The number of hydrogen-bond acceptors (Lipinski definition) is 3. The molecule has 0 spiro atoms. The summed E-state index contributed by atoms with van der Waals surface area (Å²) in [5.41, 5.74) is 2.57. The molecule has 1 fully saturated rings. The number of amides is 1. The van der Waals surface area contributed by atoms with Gasteiger partial charge in [0.2, 0.25) is 0 Å². The van der Waals surface area contributed by atoms with Crippen LogP contribution in [0.3, 0.4) is 0 Å². The molecular formula is C21H21N3O2. The molecule has 5 heteroatoms. The molecule has 1 aliphatic rings. The molecule has 1 aliphatic heterocycles. The Morgan fingerprint density at radius 3 is 2.12 bits per heavy atom. The Balaban J connectivity index is 1.41. The quantitative estimate of drug-likeness (QED) is 0.792. The monoisotopic (exact) mass is 347 g/mol. The lowest BCUT2D eigenvalue weighted by Gasteiger charge is -2.36. The van der Waals surface area contributed by atoms with E-state index in [9.17, 15) is 9.90 Å². The molecule has 1 N–H and O–H groups in total. The van der Waals surface area contributed by atoms with Crippen LogP contribution in [-0.4, -0.2) is 46.7 Å². The molecular weight excluding hydrogens is 326 g/mol. The van der Waals surface area contributed by atoms with E-state index in [2.05, 4.69) is 4.90 Å². The minimum absolute atomic E-state index is 0.0565. The second kappa shape index (κ2) is 6.96. The van der Waals surface area contributed by atoms with E-state index in [0.29, 0.717) is 31.7 Å². The summed E-state index contributed by atoms with van der Waals surface area (Å²) >= 11 is 0. The Morgan fingerprint density at radius 2 is 1.46 bits per heavy atom. The Labute approximate surface area is 152 Å². The Morgan fingerprint density at radius 1 is 0.808 bits per heavy atom. The number of phenolic OH excluding ortho intramolecular Hbond substituents is 1. The van der Waals surface area contributed by atoms with Crippen LogP contribution in [0.4, 0.5) is 5.69 Å². The molecule has 1 amide bonds. The van der Waals surface area contributed by atoms with Gasteiger partial charge in [-0.2, -0.15) is 0 Å². The SMILES string of the molecule is O=C(c1ccc(-n2cccc2)cc1)N1CCN(c2ccccc2O)CC1. The number of hydrogen-bond donors (Lipinski definition) is 1. The van der Waals surface area contributed by atoms with E-state index in [1.807, 2.05) is 76.5 Å². The molecule has 0 aliphatic carbocycles. The van der Waals surface area contributed by atoms with Crippen molar-refractivity contribution in [3.63, 3.8) is 0 Å². The van der Waals surface area contributed by atoms with Gasteiger partial charge in [-0.25, -0.2) is 0 Å². The number of carbonyl (C=O) groups excluding carboxylic acids is 1. The highest BCUT2D eigenvalue weighted by atomic mass is 16.3. The highest BCUT2D eigenvalue weighted by Gasteiger charge is 2.23. The van der Waals surface area contributed by atoms with Crippen molar-refractivity contribution in [2.45, 2.75) is 0 Å². The zero-order chi connectivity index (χ0) is 17.9. The number of para-hydroxylation sites is 2. The van der Waals surface area contributed by atoms with Crippen LogP contribution in [0.25, 0.3) is 5.69 Å². The first-order chi connectivity index (χ1) is 12.7. The number of piperazine rings is 1. The zero-order valence-corrected chi connectivity index (χ0v) is 14.5. The lowest BCUT2D eigenvalue weighted by molar-refractivity contribution is 0.0747. The standard InChI is InChI=1S/C21H21N3O2/c25-20-6-2-1-5-19(20)23-13-15-24(16-14-23)21(26)17-7-9-18(10-8-17)22-11-3-4-12-22/h1-12,25H,13-16H2. The highest BCUT2D eigenvalue weighted by molar-refractivity contribution is 5.94. The fraction of sp³-hybridized carbons (Fsp3) is 0.190. The van der Waals surface area contributed by atoms with Gasteiger partial charge in [0.15, 0.2) is 0 Å². The third-order valence-corrected chi connectivity index (χ3v) is 4.81. The van der Waals surface area contributed by atoms with Crippen molar-refractivity contribution < 1.29 is 9.90 Å². The number of benzene rings is 2. The normalized spacial score (nSPS) is 14.5. The molecule has 26 heavy (non-hydrogen) atoms. The third-order valence-electron chi connectivity index (χ3n) is 4.81. The van der Waals surface area contributed by atoms with E-state index >= 15 is 0 Å². The summed E-state index contributed by atoms with van der Waals surface area (Å²) in [7, 11) is 0. The zero-order valence-electron chi connectivity index (χ0n) is 14.5. The van der Waals surface area contributed by atoms with Gasteiger partial charge in [0.05, 0.1) is 5.69 Å². The maximum absolute atomic E-state index is 12.8. The summed E-state index contributed by atoms with van der Waals surface area (Å²) in [5.74, 6) is 0.342. The molecule has 0 unspecified atom stereocenters. The van der Waals surface area contributed by atoms with Gasteiger partial charge in [-0.15, -0.1) is 0 Å². The van der Waals surface area contributed by atoms with Crippen LogP contribution in [0.5, 0.6) is 5.75 Å². The van der Waals surface area contributed by atoms with E-state index < -0.39 is 0 Å². The molecule has 1 aromatic heterocycles. The average molecular weight is 347 g/mol. The van der Waals surface area contributed by atoms with Gasteiger partial charge in [0, 0.05) is 49.8 Å². The second-order valence-corrected chi connectivity index (χ2v) is 6.41. The number of phenols is 1. The predicted octanol–water partition coefficient (Wildman–Crippen LogP) is 3.15. The summed E-state index contributed by atoms with van der Waals surface area (Å²) in [6, 6.07) is 19.0. The lowest BCUT2D eigenvalue weighted by atomic mass is 10.1. The average Bonchev–Trinajstić information content (AvgIpc) is 3.23. The van der Waals surface area contributed by atoms with Crippen LogP contribution in [0.2, 0.25) is 0 Å². The maximum Gasteiger partial charge on any atom is 0.253 e. The first kappa shape index (κ1) is 16.3. The van der Waals surface area contributed by atoms with Crippen LogP contribution in [0.1, 0.15) is 10.4 Å². The Kier molecular flexibility index (Phi) is 4.35. The summed E-state index contributed by atoms with van der Waals surface area (Å²) < 4.78 is 2.01. The maximum atomic E-state index is 12.8. The topological polar surface area (TPSA) is 48.7 Å². The summed E-state index contributed by atoms with van der Waals surface area (Å²) in [4.78, 5) is 16.8. The molecule has 0 atom stereocenters. The molecule has 5 nitrogen and oxygen atoms in total. The van der Waals surface area contributed by atoms with Gasteiger partial charge in [-0.3, -0.25) is 4.79 Å². The summed E-state index contributed by atoms with van der Waals surface area (Å²) in [6.45, 7) is 2.72.